The number of fused-ring (bicyclic) bond motifs is 1. The van der Waals surface area contributed by atoms with Gasteiger partial charge in [-0.1, -0.05) is 6.07 Å². The molecule has 42 heavy (non-hydrogen) atoms. The van der Waals surface area contributed by atoms with Crippen molar-refractivity contribution in [2.24, 2.45) is 0 Å². The van der Waals surface area contributed by atoms with Gasteiger partial charge >= 0.3 is 0 Å². The molecule has 0 aliphatic carbocycles. The third-order valence-electron chi connectivity index (χ3n) is 6.31. The van der Waals surface area contributed by atoms with Crippen molar-refractivity contribution in [3.05, 3.63) is 106 Å². The van der Waals surface area contributed by atoms with Crippen molar-refractivity contribution in [2.45, 2.75) is 13.0 Å². The highest BCUT2D eigenvalue weighted by atomic mass is 19.1. The van der Waals surface area contributed by atoms with Crippen LogP contribution in [0.2, 0.25) is 0 Å². The largest absolute Gasteiger partial charge is 0.491 e. The maximum atomic E-state index is 15.2. The van der Waals surface area contributed by atoms with Crippen LogP contribution in [-0.2, 0) is 17.8 Å². The number of Topliss-reactive ketones (excluding diaryl/α,β-unsaturated/α-hetero) is 1. The lowest BCUT2D eigenvalue weighted by molar-refractivity contribution is 0.0985. The standard InChI is InChI=1S/C30H24F2N4O6/c1-39-16-18-15-34-36(20-7-5-19(31)6-8-20)30(38)27(18)23(37)13-17-4-9-24(21(32)12-17)42-25-10-11-33-22-14-26(40-2)29(41-3)35-28(22)25/h4-12,14-15H,13,16H2,1-3H3. The Hall–Kier alpha value is -5.23. The van der Waals surface area contributed by atoms with Gasteiger partial charge in [0.25, 0.3) is 11.4 Å². The van der Waals surface area contributed by atoms with E-state index in [9.17, 15) is 14.0 Å². The van der Waals surface area contributed by atoms with Gasteiger partial charge in [-0.05, 0) is 42.0 Å². The number of benzene rings is 2. The maximum absolute atomic E-state index is 15.2. The van der Waals surface area contributed by atoms with Gasteiger partial charge in [-0.25, -0.2) is 13.8 Å². The lowest BCUT2D eigenvalue weighted by atomic mass is 10.0. The summed E-state index contributed by atoms with van der Waals surface area (Å²) in [5, 5.41) is 4.10. The van der Waals surface area contributed by atoms with Crippen molar-refractivity contribution < 1.29 is 32.5 Å². The Balaban J connectivity index is 1.43. The van der Waals surface area contributed by atoms with E-state index in [4.69, 9.17) is 18.9 Å². The Bertz CT molecular complexity index is 1840. The number of nitrogens with zero attached hydrogens (tertiary/aromatic N) is 4. The zero-order chi connectivity index (χ0) is 29.8. The van der Waals surface area contributed by atoms with Gasteiger partial charge in [-0.2, -0.15) is 9.78 Å². The minimum atomic E-state index is -0.735. The summed E-state index contributed by atoms with van der Waals surface area (Å²) in [4.78, 5) is 35.3. The second kappa shape index (κ2) is 12.1. The van der Waals surface area contributed by atoms with Crippen LogP contribution in [-0.4, -0.2) is 46.9 Å². The minimum absolute atomic E-state index is 0.0424. The smallest absolute Gasteiger partial charge is 0.282 e. The molecular formula is C30H24F2N4O6. The number of ether oxygens (including phenoxy) is 4. The van der Waals surface area contributed by atoms with Gasteiger partial charge in [-0.3, -0.25) is 14.6 Å². The number of hydrogen-bond acceptors (Lipinski definition) is 9. The number of halogens is 2. The number of aromatic nitrogens is 4. The highest BCUT2D eigenvalue weighted by Crippen LogP contribution is 2.34. The molecule has 0 aliphatic rings. The first-order chi connectivity index (χ1) is 20.3. The molecule has 0 N–H and O–H groups in total. The molecule has 0 saturated carbocycles. The van der Waals surface area contributed by atoms with Crippen LogP contribution in [0.25, 0.3) is 16.7 Å². The minimum Gasteiger partial charge on any atom is -0.491 e. The fraction of sp³-hybridized carbons (Fsp3) is 0.167. The SMILES string of the molecule is COCc1cnn(-c2ccc(F)cc2)c(=O)c1C(=O)Cc1ccc(Oc2ccnc3cc(OC)c(OC)nc23)c(F)c1. The van der Waals surface area contributed by atoms with Crippen molar-refractivity contribution in [3.8, 4) is 28.8 Å². The summed E-state index contributed by atoms with van der Waals surface area (Å²) < 4.78 is 51.1. The average Bonchev–Trinajstić information content (AvgIpc) is 2.98. The highest BCUT2D eigenvalue weighted by molar-refractivity contribution is 5.98. The quantitative estimate of drug-likeness (QED) is 0.216. The monoisotopic (exact) mass is 574 g/mol. The molecule has 3 aromatic heterocycles. The summed E-state index contributed by atoms with van der Waals surface area (Å²) in [5.41, 5.74) is 0.776. The van der Waals surface area contributed by atoms with Crippen LogP contribution in [0.1, 0.15) is 21.5 Å². The van der Waals surface area contributed by atoms with Crippen LogP contribution >= 0.6 is 0 Å². The first-order valence-electron chi connectivity index (χ1n) is 12.6. The molecule has 0 bridgehead atoms. The summed E-state index contributed by atoms with van der Waals surface area (Å²) in [6.07, 6.45) is 2.55. The Kier molecular flexibility index (Phi) is 8.16. The number of rotatable bonds is 10. The second-order valence-electron chi connectivity index (χ2n) is 9.01. The van der Waals surface area contributed by atoms with Crippen LogP contribution in [0, 0.1) is 11.6 Å². The summed E-state index contributed by atoms with van der Waals surface area (Å²) >= 11 is 0. The normalized spacial score (nSPS) is 11.0. The van der Waals surface area contributed by atoms with E-state index in [1.165, 1.54) is 76.2 Å². The Morgan fingerprint density at radius 1 is 0.929 bits per heavy atom. The first kappa shape index (κ1) is 28.3. The lowest BCUT2D eigenvalue weighted by Gasteiger charge is -2.13. The zero-order valence-corrected chi connectivity index (χ0v) is 22.8. The highest BCUT2D eigenvalue weighted by Gasteiger charge is 2.21. The molecule has 0 saturated heterocycles. The number of hydrogen-bond donors (Lipinski definition) is 0. The Morgan fingerprint density at radius 3 is 2.40 bits per heavy atom. The molecule has 0 spiro atoms. The molecule has 214 valence electrons. The van der Waals surface area contributed by atoms with Gasteiger partial charge in [-0.15, -0.1) is 0 Å². The Labute approximate surface area is 238 Å². The van der Waals surface area contributed by atoms with Crippen LogP contribution < -0.4 is 19.8 Å². The molecule has 12 heteroatoms. The van der Waals surface area contributed by atoms with E-state index in [2.05, 4.69) is 15.1 Å². The third kappa shape index (κ3) is 5.65. The predicted molar refractivity (Wildman–Crippen MR) is 148 cm³/mol. The molecule has 3 heterocycles. The average molecular weight is 575 g/mol. The maximum Gasteiger partial charge on any atom is 0.282 e. The van der Waals surface area contributed by atoms with Gasteiger partial charge in [0, 0.05) is 37.4 Å². The number of methoxy groups -OCH3 is 3. The van der Waals surface area contributed by atoms with Crippen molar-refractivity contribution in [1.82, 2.24) is 19.7 Å². The van der Waals surface area contributed by atoms with Crippen LogP contribution in [0.3, 0.4) is 0 Å². The fourth-order valence-electron chi connectivity index (χ4n) is 4.33. The molecular weight excluding hydrogens is 550 g/mol. The number of ketones is 1. The van der Waals surface area contributed by atoms with Gasteiger partial charge < -0.3 is 18.9 Å². The molecule has 5 rings (SSSR count). The second-order valence-corrected chi connectivity index (χ2v) is 9.01. The van der Waals surface area contributed by atoms with E-state index in [0.29, 0.717) is 22.3 Å². The van der Waals surface area contributed by atoms with E-state index in [-0.39, 0.29) is 47.2 Å². The molecule has 5 aromatic rings. The van der Waals surface area contributed by atoms with Crippen molar-refractivity contribution in [3.63, 3.8) is 0 Å². The van der Waals surface area contributed by atoms with E-state index in [1.807, 2.05) is 0 Å². The molecule has 0 amide bonds. The predicted octanol–water partition coefficient (Wildman–Crippen LogP) is 4.84. The van der Waals surface area contributed by atoms with Gasteiger partial charge in [0.1, 0.15) is 11.3 Å². The number of carbonyl (C=O) groups is 1. The molecule has 0 unspecified atom stereocenters. The number of carbonyl (C=O) groups excluding carboxylic acids is 1. The van der Waals surface area contributed by atoms with Gasteiger partial charge in [0.15, 0.2) is 28.8 Å². The summed E-state index contributed by atoms with van der Waals surface area (Å²) in [6, 6.07) is 12.3. The van der Waals surface area contributed by atoms with E-state index < -0.39 is 23.0 Å². The molecule has 2 aromatic carbocycles. The first-order valence-corrected chi connectivity index (χ1v) is 12.6. The van der Waals surface area contributed by atoms with E-state index >= 15 is 4.39 Å². The fourth-order valence-corrected chi connectivity index (χ4v) is 4.33. The van der Waals surface area contributed by atoms with Gasteiger partial charge in [0.2, 0.25) is 0 Å². The van der Waals surface area contributed by atoms with Crippen LogP contribution in [0.5, 0.6) is 23.1 Å². The van der Waals surface area contributed by atoms with Crippen molar-refractivity contribution >= 4 is 16.8 Å². The van der Waals surface area contributed by atoms with Crippen LogP contribution in [0.15, 0.2) is 71.8 Å². The topological polar surface area (TPSA) is 115 Å². The molecule has 0 atom stereocenters. The Morgan fingerprint density at radius 2 is 1.71 bits per heavy atom. The van der Waals surface area contributed by atoms with Crippen molar-refractivity contribution in [2.75, 3.05) is 21.3 Å². The zero-order valence-electron chi connectivity index (χ0n) is 22.8. The summed E-state index contributed by atoms with van der Waals surface area (Å²) in [7, 11) is 4.33. The number of pyridine rings is 2. The molecule has 10 nitrogen and oxygen atoms in total. The van der Waals surface area contributed by atoms with E-state index in [0.717, 1.165) is 10.7 Å². The summed E-state index contributed by atoms with van der Waals surface area (Å²) in [5.74, 6) is -1.09. The molecule has 0 radical (unpaired) electrons. The third-order valence-corrected chi connectivity index (χ3v) is 6.31. The van der Waals surface area contributed by atoms with Crippen LogP contribution in [0.4, 0.5) is 8.78 Å². The molecule has 0 aliphatic heterocycles. The van der Waals surface area contributed by atoms with Gasteiger partial charge in [0.05, 0.1) is 43.8 Å². The van der Waals surface area contributed by atoms with Crippen molar-refractivity contribution in [1.29, 1.82) is 0 Å². The lowest BCUT2D eigenvalue weighted by Crippen LogP contribution is -2.30. The summed E-state index contributed by atoms with van der Waals surface area (Å²) in [6.45, 7) is -0.0424. The van der Waals surface area contributed by atoms with E-state index in [1.54, 1.807) is 6.07 Å². The molecule has 0 fully saturated rings.